The summed E-state index contributed by atoms with van der Waals surface area (Å²) < 4.78 is 31.0. The van der Waals surface area contributed by atoms with Gasteiger partial charge < -0.3 is 9.64 Å². The number of nitrogens with zero attached hydrogens (tertiary/aromatic N) is 4. The minimum absolute atomic E-state index is 0.233. The number of aromatic nitrogens is 1. The van der Waals surface area contributed by atoms with Crippen LogP contribution in [0.5, 0.6) is 5.75 Å². The molecule has 29 heavy (non-hydrogen) atoms. The monoisotopic (exact) mass is 442 g/mol. The first-order chi connectivity index (χ1) is 13.6. The molecule has 0 aliphatic rings. The third-order valence-electron chi connectivity index (χ3n) is 4.90. The SMILES string of the molecule is CCN(CC)CCN(C(=O)CN(C)S(C)(=O)=O)c1nc2c(OC)ccc(C)c2s1. The first-order valence-corrected chi connectivity index (χ1v) is 12.2. The Kier molecular flexibility index (Phi) is 7.98. The molecule has 2 aromatic rings. The second kappa shape index (κ2) is 9.84. The number of ether oxygens (including phenoxy) is 1. The lowest BCUT2D eigenvalue weighted by Gasteiger charge is -2.26. The number of rotatable bonds is 10. The van der Waals surface area contributed by atoms with Gasteiger partial charge in [-0.2, -0.15) is 4.31 Å². The normalized spacial score (nSPS) is 12.1. The minimum Gasteiger partial charge on any atom is -0.494 e. The van der Waals surface area contributed by atoms with Crippen molar-refractivity contribution >= 4 is 42.6 Å². The molecule has 0 spiro atoms. The van der Waals surface area contributed by atoms with Crippen molar-refractivity contribution in [1.82, 2.24) is 14.2 Å². The lowest BCUT2D eigenvalue weighted by molar-refractivity contribution is -0.118. The zero-order valence-electron chi connectivity index (χ0n) is 17.9. The molecular weight excluding hydrogens is 412 g/mol. The van der Waals surface area contributed by atoms with Crippen LogP contribution in [-0.2, 0) is 14.8 Å². The summed E-state index contributed by atoms with van der Waals surface area (Å²) in [7, 11) is -0.463. The maximum Gasteiger partial charge on any atom is 0.244 e. The minimum atomic E-state index is -3.46. The summed E-state index contributed by atoms with van der Waals surface area (Å²) in [6.07, 6.45) is 1.09. The molecule has 0 aliphatic carbocycles. The molecule has 8 nitrogen and oxygen atoms in total. The topological polar surface area (TPSA) is 83.0 Å². The van der Waals surface area contributed by atoms with E-state index in [-0.39, 0.29) is 12.5 Å². The van der Waals surface area contributed by atoms with E-state index >= 15 is 0 Å². The zero-order valence-corrected chi connectivity index (χ0v) is 19.6. The number of carbonyl (C=O) groups is 1. The van der Waals surface area contributed by atoms with E-state index in [9.17, 15) is 13.2 Å². The Labute approximate surface area is 177 Å². The molecule has 0 saturated carbocycles. The van der Waals surface area contributed by atoms with Crippen LogP contribution in [0, 0.1) is 6.92 Å². The van der Waals surface area contributed by atoms with Crippen molar-refractivity contribution in [2.75, 3.05) is 58.0 Å². The molecule has 1 aromatic carbocycles. The van der Waals surface area contributed by atoms with Gasteiger partial charge >= 0.3 is 0 Å². The summed E-state index contributed by atoms with van der Waals surface area (Å²) in [5.41, 5.74) is 1.76. The average molecular weight is 443 g/mol. The Morgan fingerprint density at radius 2 is 1.86 bits per heavy atom. The molecule has 0 N–H and O–H groups in total. The Bertz CT molecular complexity index is 955. The maximum atomic E-state index is 13.0. The number of thiazole rings is 1. The fourth-order valence-corrected chi connectivity index (χ4v) is 4.32. The predicted octanol–water partition coefficient (Wildman–Crippen LogP) is 2.18. The van der Waals surface area contributed by atoms with Crippen molar-refractivity contribution in [3.8, 4) is 5.75 Å². The Hall–Kier alpha value is -1.75. The highest BCUT2D eigenvalue weighted by atomic mass is 32.2. The summed E-state index contributed by atoms with van der Waals surface area (Å²) in [5, 5.41) is 0.548. The van der Waals surface area contributed by atoms with Crippen LogP contribution in [-0.4, -0.2) is 81.7 Å². The van der Waals surface area contributed by atoms with Crippen molar-refractivity contribution in [3.05, 3.63) is 17.7 Å². The summed E-state index contributed by atoms with van der Waals surface area (Å²) in [4.78, 5) is 21.5. The van der Waals surface area contributed by atoms with Gasteiger partial charge in [0.25, 0.3) is 0 Å². The number of benzene rings is 1. The van der Waals surface area contributed by atoms with Gasteiger partial charge in [-0.25, -0.2) is 13.4 Å². The van der Waals surface area contributed by atoms with Crippen molar-refractivity contribution < 1.29 is 17.9 Å². The fraction of sp³-hybridized carbons (Fsp3) is 0.579. The van der Waals surface area contributed by atoms with Crippen LogP contribution in [0.1, 0.15) is 19.4 Å². The molecule has 0 fully saturated rings. The first-order valence-electron chi connectivity index (χ1n) is 9.50. The lowest BCUT2D eigenvalue weighted by Crippen LogP contribution is -2.44. The van der Waals surface area contributed by atoms with E-state index in [0.717, 1.165) is 33.9 Å². The van der Waals surface area contributed by atoms with Crippen LogP contribution in [0.25, 0.3) is 10.2 Å². The number of hydrogen-bond donors (Lipinski definition) is 0. The Balaban J connectivity index is 2.42. The van der Waals surface area contributed by atoms with E-state index < -0.39 is 10.0 Å². The largest absolute Gasteiger partial charge is 0.494 e. The van der Waals surface area contributed by atoms with Crippen LogP contribution in [0.15, 0.2) is 12.1 Å². The van der Waals surface area contributed by atoms with E-state index in [1.807, 2.05) is 19.1 Å². The summed E-state index contributed by atoms with van der Waals surface area (Å²) >= 11 is 1.42. The van der Waals surface area contributed by atoms with Crippen LogP contribution in [0.3, 0.4) is 0 Å². The molecule has 0 aliphatic heterocycles. The van der Waals surface area contributed by atoms with E-state index in [2.05, 4.69) is 23.7 Å². The molecule has 0 bridgehead atoms. The predicted molar refractivity (Wildman–Crippen MR) is 119 cm³/mol. The average Bonchev–Trinajstić information content (AvgIpc) is 3.10. The number of carbonyl (C=O) groups excluding carboxylic acids is 1. The first kappa shape index (κ1) is 23.5. The standard InChI is InChI=1S/C19H30N4O4S2/c1-7-22(8-2)11-12-23(16(24)13-21(4)29(6,25)26)19-20-17-15(27-5)10-9-14(3)18(17)28-19/h9-10H,7-8,11-13H2,1-6H3. The smallest absolute Gasteiger partial charge is 0.244 e. The third kappa shape index (κ3) is 5.65. The number of fused-ring (bicyclic) bond motifs is 1. The van der Waals surface area contributed by atoms with Gasteiger partial charge in [0.2, 0.25) is 15.9 Å². The van der Waals surface area contributed by atoms with Gasteiger partial charge in [0, 0.05) is 20.1 Å². The van der Waals surface area contributed by atoms with E-state index in [0.29, 0.717) is 29.5 Å². The number of hydrogen-bond acceptors (Lipinski definition) is 7. The number of methoxy groups -OCH3 is 1. The molecule has 1 amide bonds. The number of sulfonamides is 1. The highest BCUT2D eigenvalue weighted by Crippen LogP contribution is 2.36. The Morgan fingerprint density at radius 3 is 2.41 bits per heavy atom. The number of aryl methyl sites for hydroxylation is 1. The van der Waals surface area contributed by atoms with Crippen molar-refractivity contribution in [3.63, 3.8) is 0 Å². The molecule has 2 rings (SSSR count). The molecule has 1 aromatic heterocycles. The summed E-state index contributed by atoms with van der Waals surface area (Å²) in [6, 6.07) is 3.82. The highest BCUT2D eigenvalue weighted by Gasteiger charge is 2.25. The quantitative estimate of drug-likeness (QED) is 0.561. The number of likely N-dealkylation sites (N-methyl/N-ethyl adjacent to an activating group) is 2. The molecule has 0 unspecified atom stereocenters. The van der Waals surface area contributed by atoms with Gasteiger partial charge in [-0.1, -0.05) is 31.3 Å². The summed E-state index contributed by atoms with van der Waals surface area (Å²) in [6.45, 7) is 8.74. The number of amides is 1. The van der Waals surface area contributed by atoms with E-state index in [1.54, 1.807) is 12.0 Å². The van der Waals surface area contributed by atoms with E-state index in [4.69, 9.17) is 4.74 Å². The second-order valence-corrected chi connectivity index (χ2v) is 9.92. The third-order valence-corrected chi connectivity index (χ3v) is 7.38. The van der Waals surface area contributed by atoms with Gasteiger partial charge in [-0.05, 0) is 31.6 Å². The second-order valence-electron chi connectivity index (χ2n) is 6.85. The summed E-state index contributed by atoms with van der Waals surface area (Å²) in [5.74, 6) is 0.346. The van der Waals surface area contributed by atoms with Crippen molar-refractivity contribution in [2.45, 2.75) is 20.8 Å². The molecule has 0 radical (unpaired) electrons. The van der Waals surface area contributed by atoms with Gasteiger partial charge in [0.15, 0.2) is 5.13 Å². The molecule has 0 atom stereocenters. The molecular formula is C19H30N4O4S2. The molecule has 0 saturated heterocycles. The maximum absolute atomic E-state index is 13.0. The zero-order chi connectivity index (χ0) is 21.8. The van der Waals surface area contributed by atoms with Gasteiger partial charge in [-0.3, -0.25) is 9.69 Å². The van der Waals surface area contributed by atoms with Crippen LogP contribution >= 0.6 is 11.3 Å². The van der Waals surface area contributed by atoms with Gasteiger partial charge in [0.1, 0.15) is 11.3 Å². The highest BCUT2D eigenvalue weighted by molar-refractivity contribution is 7.88. The van der Waals surface area contributed by atoms with Gasteiger partial charge in [-0.15, -0.1) is 0 Å². The van der Waals surface area contributed by atoms with Crippen LogP contribution in [0.4, 0.5) is 5.13 Å². The Morgan fingerprint density at radius 1 is 1.21 bits per heavy atom. The number of anilines is 1. The van der Waals surface area contributed by atoms with Crippen molar-refractivity contribution in [2.24, 2.45) is 0 Å². The van der Waals surface area contributed by atoms with E-state index in [1.165, 1.54) is 18.4 Å². The molecule has 10 heteroatoms. The van der Waals surface area contributed by atoms with Crippen LogP contribution < -0.4 is 9.64 Å². The fourth-order valence-electron chi connectivity index (χ4n) is 2.88. The van der Waals surface area contributed by atoms with Crippen LogP contribution in [0.2, 0.25) is 0 Å². The van der Waals surface area contributed by atoms with Crippen molar-refractivity contribution in [1.29, 1.82) is 0 Å². The van der Waals surface area contributed by atoms with Gasteiger partial charge in [0.05, 0.1) is 24.6 Å². The molecule has 1 heterocycles. The lowest BCUT2D eigenvalue weighted by atomic mass is 10.2. The molecule has 162 valence electrons.